The van der Waals surface area contributed by atoms with Gasteiger partial charge in [-0.25, -0.2) is 4.98 Å². The molecule has 132 valence electrons. The Hall–Kier alpha value is -3.15. The summed E-state index contributed by atoms with van der Waals surface area (Å²) in [5, 5.41) is 9.36. The second kappa shape index (κ2) is 6.29. The van der Waals surface area contributed by atoms with Gasteiger partial charge in [0.05, 0.1) is 23.5 Å². The van der Waals surface area contributed by atoms with Gasteiger partial charge < -0.3 is 14.6 Å². The number of fused-ring (bicyclic) bond motifs is 3. The summed E-state index contributed by atoms with van der Waals surface area (Å²) in [6, 6.07) is 16.2. The highest BCUT2D eigenvalue weighted by molar-refractivity contribution is 5.89. The van der Waals surface area contributed by atoms with Crippen molar-refractivity contribution in [2.24, 2.45) is 0 Å². The third kappa shape index (κ3) is 2.63. The molecule has 1 aromatic heterocycles. The minimum Gasteiger partial charge on any atom is -0.481 e. The smallest absolute Gasteiger partial charge is 0.306 e. The van der Waals surface area contributed by atoms with Crippen LogP contribution in [0.15, 0.2) is 54.6 Å². The molecule has 0 fully saturated rings. The normalized spacial score (nSPS) is 19.6. The van der Waals surface area contributed by atoms with Gasteiger partial charge in [0.1, 0.15) is 11.9 Å². The van der Waals surface area contributed by atoms with Gasteiger partial charge in [0, 0.05) is 6.54 Å². The molecule has 6 nitrogen and oxygen atoms in total. The molecule has 0 bridgehead atoms. The van der Waals surface area contributed by atoms with Crippen molar-refractivity contribution in [3.05, 3.63) is 66.0 Å². The maximum atomic E-state index is 13.2. The fraction of sp³-hybridized carbons (Fsp3) is 0.250. The molecule has 0 radical (unpaired) electrons. The molecule has 0 spiro atoms. The quantitative estimate of drug-likeness (QED) is 0.785. The maximum Gasteiger partial charge on any atom is 0.306 e. The minimum absolute atomic E-state index is 0.181. The second-order valence-corrected chi connectivity index (χ2v) is 6.57. The van der Waals surface area contributed by atoms with Gasteiger partial charge in [0.25, 0.3) is 0 Å². The number of para-hydroxylation sites is 2. The number of nitrogens with zero attached hydrogens (tertiary/aromatic N) is 3. The summed E-state index contributed by atoms with van der Waals surface area (Å²) in [6.45, 7) is 2.37. The van der Waals surface area contributed by atoms with Crippen LogP contribution in [0.2, 0.25) is 0 Å². The van der Waals surface area contributed by atoms with E-state index in [9.17, 15) is 14.7 Å². The van der Waals surface area contributed by atoms with E-state index < -0.39 is 12.0 Å². The number of hydrogen-bond donors (Lipinski definition) is 1. The van der Waals surface area contributed by atoms with Gasteiger partial charge in [-0.2, -0.15) is 0 Å². The van der Waals surface area contributed by atoms with Gasteiger partial charge in [-0.1, -0.05) is 42.5 Å². The van der Waals surface area contributed by atoms with Gasteiger partial charge >= 0.3 is 5.97 Å². The number of carboxylic acids is 1. The number of carboxylic acid groups (broad SMARTS) is 1. The molecule has 2 atom stereocenters. The number of carbonyl (C=O) groups is 2. The molecule has 3 aromatic rings. The molecule has 1 aliphatic heterocycles. The predicted octanol–water partition coefficient (Wildman–Crippen LogP) is 3.16. The number of amides is 1. The SMILES string of the molecule is C[C@@H]1c2nc3ccccc3n2[C@@H](CC(=O)O)C(=O)N1Cc1ccccc1. The van der Waals surface area contributed by atoms with Crippen molar-refractivity contribution >= 4 is 22.9 Å². The first-order valence-electron chi connectivity index (χ1n) is 8.59. The van der Waals surface area contributed by atoms with Gasteiger partial charge in [-0.05, 0) is 24.6 Å². The number of rotatable bonds is 4. The Kier molecular flexibility index (Phi) is 3.95. The molecule has 0 aliphatic carbocycles. The summed E-state index contributed by atoms with van der Waals surface area (Å²) in [6.07, 6.45) is -0.260. The zero-order valence-corrected chi connectivity index (χ0v) is 14.4. The average Bonchev–Trinajstić information content (AvgIpc) is 3.03. The first-order valence-corrected chi connectivity index (χ1v) is 8.59. The van der Waals surface area contributed by atoms with Gasteiger partial charge in [-0.15, -0.1) is 0 Å². The predicted molar refractivity (Wildman–Crippen MR) is 96.4 cm³/mol. The van der Waals surface area contributed by atoms with Gasteiger partial charge in [0.2, 0.25) is 5.91 Å². The van der Waals surface area contributed by atoms with Crippen LogP contribution >= 0.6 is 0 Å². The van der Waals surface area contributed by atoms with E-state index in [-0.39, 0.29) is 18.4 Å². The molecule has 1 N–H and O–H groups in total. The monoisotopic (exact) mass is 349 g/mol. The van der Waals surface area contributed by atoms with Crippen LogP contribution in [0.1, 0.15) is 36.8 Å². The van der Waals surface area contributed by atoms with E-state index in [1.165, 1.54) is 0 Å². The van der Waals surface area contributed by atoms with Crippen molar-refractivity contribution in [3.63, 3.8) is 0 Å². The summed E-state index contributed by atoms with van der Waals surface area (Å²) in [7, 11) is 0. The lowest BCUT2D eigenvalue weighted by atomic mass is 10.0. The third-order valence-corrected chi connectivity index (χ3v) is 4.91. The fourth-order valence-corrected chi connectivity index (χ4v) is 3.66. The first-order chi connectivity index (χ1) is 12.6. The summed E-state index contributed by atoms with van der Waals surface area (Å²) >= 11 is 0. The molecule has 2 heterocycles. The summed E-state index contributed by atoms with van der Waals surface area (Å²) in [5.41, 5.74) is 2.58. The lowest BCUT2D eigenvalue weighted by Gasteiger charge is -2.38. The summed E-state index contributed by atoms with van der Waals surface area (Å²) < 4.78 is 1.80. The molecule has 1 amide bonds. The van der Waals surface area contributed by atoms with Crippen LogP contribution in [0.25, 0.3) is 11.0 Å². The van der Waals surface area contributed by atoms with Crippen molar-refractivity contribution in [2.45, 2.75) is 32.0 Å². The highest BCUT2D eigenvalue weighted by Crippen LogP contribution is 2.37. The molecule has 0 saturated carbocycles. The fourth-order valence-electron chi connectivity index (χ4n) is 3.66. The molecular weight excluding hydrogens is 330 g/mol. The van der Waals surface area contributed by atoms with E-state index in [1.54, 1.807) is 9.47 Å². The van der Waals surface area contributed by atoms with Crippen LogP contribution in [0.3, 0.4) is 0 Å². The standard InChI is InChI=1S/C20H19N3O3/c1-13-19-21-15-9-5-6-10-16(15)23(19)17(11-18(24)25)20(26)22(13)12-14-7-3-2-4-8-14/h2-10,13,17H,11-12H2,1H3,(H,24,25)/t13-,17+/m1/s1. The number of aliphatic carboxylic acids is 1. The molecule has 26 heavy (non-hydrogen) atoms. The highest BCUT2D eigenvalue weighted by atomic mass is 16.4. The number of hydrogen-bond acceptors (Lipinski definition) is 3. The van der Waals surface area contributed by atoms with Crippen molar-refractivity contribution in [3.8, 4) is 0 Å². The number of benzene rings is 2. The molecule has 0 saturated heterocycles. The lowest BCUT2D eigenvalue weighted by Crippen LogP contribution is -2.45. The van der Waals surface area contributed by atoms with Crippen molar-refractivity contribution in [2.75, 3.05) is 0 Å². The van der Waals surface area contributed by atoms with Crippen LogP contribution in [0, 0.1) is 0 Å². The highest BCUT2D eigenvalue weighted by Gasteiger charge is 2.40. The zero-order valence-electron chi connectivity index (χ0n) is 14.4. The van der Waals surface area contributed by atoms with Crippen LogP contribution in [-0.4, -0.2) is 31.4 Å². The Balaban J connectivity index is 1.82. The Labute approximate surface area is 150 Å². The van der Waals surface area contributed by atoms with Gasteiger partial charge in [0.15, 0.2) is 0 Å². The summed E-state index contributed by atoms with van der Waals surface area (Å²) in [5.74, 6) is -0.450. The molecular formula is C20H19N3O3. The van der Waals surface area contributed by atoms with Crippen LogP contribution in [0.4, 0.5) is 0 Å². The van der Waals surface area contributed by atoms with E-state index in [0.29, 0.717) is 6.54 Å². The Morgan fingerprint density at radius 2 is 1.81 bits per heavy atom. The number of aromatic nitrogens is 2. The van der Waals surface area contributed by atoms with E-state index in [1.807, 2.05) is 61.5 Å². The van der Waals surface area contributed by atoms with Crippen molar-refractivity contribution < 1.29 is 14.7 Å². The zero-order chi connectivity index (χ0) is 18.3. The second-order valence-electron chi connectivity index (χ2n) is 6.57. The number of imidazole rings is 1. The van der Waals surface area contributed by atoms with Crippen LogP contribution < -0.4 is 0 Å². The first kappa shape index (κ1) is 16.3. The summed E-state index contributed by atoms with van der Waals surface area (Å²) in [4.78, 5) is 31.0. The molecule has 0 unspecified atom stereocenters. The Morgan fingerprint density at radius 3 is 2.54 bits per heavy atom. The number of carbonyl (C=O) groups excluding carboxylic acids is 1. The molecule has 4 rings (SSSR count). The molecule has 1 aliphatic rings. The Morgan fingerprint density at radius 1 is 1.12 bits per heavy atom. The lowest BCUT2D eigenvalue weighted by molar-refractivity contribution is -0.147. The largest absolute Gasteiger partial charge is 0.481 e. The maximum absolute atomic E-state index is 13.2. The third-order valence-electron chi connectivity index (χ3n) is 4.91. The van der Waals surface area contributed by atoms with Crippen LogP contribution in [-0.2, 0) is 16.1 Å². The topological polar surface area (TPSA) is 75.4 Å². The van der Waals surface area contributed by atoms with E-state index >= 15 is 0 Å². The van der Waals surface area contributed by atoms with Crippen LogP contribution in [0.5, 0.6) is 0 Å². The molecule has 2 aromatic carbocycles. The van der Waals surface area contributed by atoms with Crippen molar-refractivity contribution in [1.82, 2.24) is 14.5 Å². The minimum atomic E-state index is -0.999. The van der Waals surface area contributed by atoms with Crippen molar-refractivity contribution in [1.29, 1.82) is 0 Å². The van der Waals surface area contributed by atoms with E-state index in [4.69, 9.17) is 4.98 Å². The van der Waals surface area contributed by atoms with E-state index in [2.05, 4.69) is 0 Å². The molecule has 6 heteroatoms. The van der Waals surface area contributed by atoms with Gasteiger partial charge in [-0.3, -0.25) is 9.59 Å². The van der Waals surface area contributed by atoms with E-state index in [0.717, 1.165) is 22.4 Å². The Bertz CT molecular complexity index is 980. The average molecular weight is 349 g/mol.